The van der Waals surface area contributed by atoms with Gasteiger partial charge in [0.25, 0.3) is 0 Å². The molecule has 0 unspecified atom stereocenters. The van der Waals surface area contributed by atoms with Crippen LogP contribution in [0.5, 0.6) is 0 Å². The van der Waals surface area contributed by atoms with Crippen LogP contribution >= 0.6 is 0 Å². The van der Waals surface area contributed by atoms with Gasteiger partial charge in [-0.3, -0.25) is 9.59 Å². The molecule has 10 heteroatoms. The van der Waals surface area contributed by atoms with Crippen molar-refractivity contribution in [2.45, 2.75) is 63.3 Å². The fourth-order valence-electron chi connectivity index (χ4n) is 4.98. The summed E-state index contributed by atoms with van der Waals surface area (Å²) in [7, 11) is 0. The minimum Gasteiger partial charge on any atom is -0.444 e. The van der Waals surface area contributed by atoms with E-state index in [2.05, 4.69) is 10.6 Å². The van der Waals surface area contributed by atoms with E-state index in [0.29, 0.717) is 12.8 Å². The molecule has 10 nitrogen and oxygen atoms in total. The van der Waals surface area contributed by atoms with Crippen molar-refractivity contribution >= 4 is 23.9 Å². The first kappa shape index (κ1) is 24.0. The second kappa shape index (κ2) is 10.9. The van der Waals surface area contributed by atoms with Crippen molar-refractivity contribution in [2.24, 2.45) is 11.7 Å². The van der Waals surface area contributed by atoms with Crippen molar-refractivity contribution in [1.82, 2.24) is 20.4 Å². The van der Waals surface area contributed by atoms with Gasteiger partial charge in [0.05, 0.1) is 6.04 Å². The Morgan fingerprint density at radius 3 is 2.44 bits per heavy atom. The van der Waals surface area contributed by atoms with Gasteiger partial charge in [-0.1, -0.05) is 30.3 Å². The number of carbonyl (C=O) groups is 4. The molecule has 2 aliphatic heterocycles. The fraction of sp³-hybridized carbons (Fsp3) is 0.583. The Morgan fingerprint density at radius 1 is 1.09 bits per heavy atom. The van der Waals surface area contributed by atoms with Gasteiger partial charge in [0.15, 0.2) is 0 Å². The highest BCUT2D eigenvalue weighted by atomic mass is 16.6. The normalized spacial score (nSPS) is 25.6. The molecule has 34 heavy (non-hydrogen) atoms. The summed E-state index contributed by atoms with van der Waals surface area (Å²) in [5, 5.41) is 5.51. The van der Waals surface area contributed by atoms with Gasteiger partial charge < -0.3 is 26.0 Å². The quantitative estimate of drug-likeness (QED) is 0.573. The van der Waals surface area contributed by atoms with Crippen LogP contribution in [0.1, 0.15) is 44.1 Å². The molecule has 1 aromatic carbocycles. The molecule has 3 fully saturated rings. The first-order valence-corrected chi connectivity index (χ1v) is 12.1. The number of imide groups is 1. The number of hydrogen-bond donors (Lipinski definition) is 3. The predicted octanol–water partition coefficient (Wildman–Crippen LogP) is 1.34. The van der Waals surface area contributed by atoms with E-state index >= 15 is 0 Å². The standard InChI is InChI=1S/C24H33N5O5/c25-20(22(31)28-12-4-5-13-28)17-8-10-18(11-9-17)27-21(30)19-14-26-23(32)29(19)24(33)34-15-16-6-2-1-3-7-16/h1-3,6-7,17-20H,4-5,8-15,25H2,(H,26,32)(H,27,30)/t17-,18-,19-,20-/m0/s1. The summed E-state index contributed by atoms with van der Waals surface area (Å²) in [5.74, 6) is -0.262. The number of likely N-dealkylation sites (tertiary alicyclic amines) is 1. The lowest BCUT2D eigenvalue weighted by Crippen LogP contribution is -2.52. The van der Waals surface area contributed by atoms with Gasteiger partial charge in [-0.15, -0.1) is 0 Å². The van der Waals surface area contributed by atoms with Gasteiger partial charge in [0, 0.05) is 25.7 Å². The summed E-state index contributed by atoms with van der Waals surface area (Å²) in [6.45, 7) is 1.63. The molecule has 0 radical (unpaired) electrons. The van der Waals surface area contributed by atoms with Crippen LogP contribution in [0.15, 0.2) is 30.3 Å². The summed E-state index contributed by atoms with van der Waals surface area (Å²) >= 11 is 0. The Hall–Kier alpha value is -3.14. The maximum Gasteiger partial charge on any atom is 0.419 e. The molecule has 1 aliphatic carbocycles. The second-order valence-corrected chi connectivity index (χ2v) is 9.29. The number of nitrogens with two attached hydrogens (primary N) is 1. The average molecular weight is 472 g/mol. The second-order valence-electron chi connectivity index (χ2n) is 9.29. The van der Waals surface area contributed by atoms with E-state index in [9.17, 15) is 19.2 Å². The SMILES string of the molecule is N[C@H](C(=O)N1CCCC1)[C@H]1CC[C@H](NC(=O)[C@@H]2CNC(=O)N2C(=O)OCc2ccccc2)CC1. The monoisotopic (exact) mass is 471 g/mol. The number of carbonyl (C=O) groups excluding carboxylic acids is 4. The lowest BCUT2D eigenvalue weighted by molar-refractivity contribution is -0.133. The molecule has 2 atom stereocenters. The molecule has 1 saturated carbocycles. The molecule has 4 rings (SSSR count). The number of nitrogens with one attached hydrogen (secondary N) is 2. The van der Waals surface area contributed by atoms with Gasteiger partial charge in [-0.05, 0) is 50.0 Å². The molecule has 0 bridgehead atoms. The fourth-order valence-corrected chi connectivity index (χ4v) is 4.98. The Morgan fingerprint density at radius 2 is 1.76 bits per heavy atom. The van der Waals surface area contributed by atoms with Crippen molar-refractivity contribution in [3.8, 4) is 0 Å². The van der Waals surface area contributed by atoms with Crippen molar-refractivity contribution in [3.63, 3.8) is 0 Å². The molecule has 184 valence electrons. The summed E-state index contributed by atoms with van der Waals surface area (Å²) in [4.78, 5) is 52.9. The van der Waals surface area contributed by atoms with Crippen LogP contribution in [0.3, 0.4) is 0 Å². The molecule has 0 aromatic heterocycles. The third kappa shape index (κ3) is 5.49. The van der Waals surface area contributed by atoms with Gasteiger partial charge in [0.2, 0.25) is 11.8 Å². The number of benzene rings is 1. The lowest BCUT2D eigenvalue weighted by Gasteiger charge is -2.34. The van der Waals surface area contributed by atoms with E-state index < -0.39 is 30.1 Å². The maximum atomic E-state index is 12.9. The predicted molar refractivity (Wildman–Crippen MR) is 123 cm³/mol. The average Bonchev–Trinajstić information content (AvgIpc) is 3.53. The molecule has 2 heterocycles. The van der Waals surface area contributed by atoms with Crippen molar-refractivity contribution in [3.05, 3.63) is 35.9 Å². The third-order valence-electron chi connectivity index (χ3n) is 7.01. The first-order chi connectivity index (χ1) is 16.4. The van der Waals surface area contributed by atoms with Gasteiger partial charge in [0.1, 0.15) is 12.6 Å². The molecule has 1 aromatic rings. The van der Waals surface area contributed by atoms with Crippen LogP contribution < -0.4 is 16.4 Å². The van der Waals surface area contributed by atoms with Crippen LogP contribution in [-0.2, 0) is 20.9 Å². The maximum absolute atomic E-state index is 12.9. The van der Waals surface area contributed by atoms with E-state index in [1.165, 1.54) is 0 Å². The highest BCUT2D eigenvalue weighted by molar-refractivity contribution is 6.00. The summed E-state index contributed by atoms with van der Waals surface area (Å²) in [6.07, 6.45) is 4.11. The van der Waals surface area contributed by atoms with Crippen molar-refractivity contribution in [2.75, 3.05) is 19.6 Å². The zero-order valence-corrected chi connectivity index (χ0v) is 19.3. The van der Waals surface area contributed by atoms with Gasteiger partial charge in [-0.25, -0.2) is 14.5 Å². The Bertz CT molecular complexity index is 896. The molecule has 2 saturated heterocycles. The smallest absolute Gasteiger partial charge is 0.419 e. The molecular weight excluding hydrogens is 438 g/mol. The Labute approximate surface area is 199 Å². The van der Waals surface area contributed by atoms with E-state index in [-0.39, 0.29) is 31.0 Å². The van der Waals surface area contributed by atoms with E-state index in [4.69, 9.17) is 10.5 Å². The molecule has 3 aliphatic rings. The molecular formula is C24H33N5O5. The van der Waals surface area contributed by atoms with Crippen LogP contribution in [0.4, 0.5) is 9.59 Å². The van der Waals surface area contributed by atoms with E-state index in [0.717, 1.165) is 49.2 Å². The minimum absolute atomic E-state index is 0.0121. The van der Waals surface area contributed by atoms with Gasteiger partial charge >= 0.3 is 12.1 Å². The topological polar surface area (TPSA) is 134 Å². The van der Waals surface area contributed by atoms with Crippen LogP contribution in [0, 0.1) is 5.92 Å². The lowest BCUT2D eigenvalue weighted by atomic mass is 9.81. The van der Waals surface area contributed by atoms with Crippen LogP contribution in [0.2, 0.25) is 0 Å². The largest absolute Gasteiger partial charge is 0.444 e. The first-order valence-electron chi connectivity index (χ1n) is 12.1. The zero-order valence-electron chi connectivity index (χ0n) is 19.3. The minimum atomic E-state index is -0.965. The summed E-state index contributed by atoms with van der Waals surface area (Å²) < 4.78 is 5.25. The highest BCUT2D eigenvalue weighted by Crippen LogP contribution is 2.28. The van der Waals surface area contributed by atoms with Crippen LogP contribution in [0.25, 0.3) is 0 Å². The number of hydrogen-bond acceptors (Lipinski definition) is 6. The van der Waals surface area contributed by atoms with Crippen LogP contribution in [-0.4, -0.2) is 71.5 Å². The Balaban J connectivity index is 1.26. The number of urea groups is 1. The van der Waals surface area contributed by atoms with E-state index in [1.54, 1.807) is 0 Å². The number of amides is 5. The van der Waals surface area contributed by atoms with Gasteiger partial charge in [-0.2, -0.15) is 0 Å². The summed E-state index contributed by atoms with van der Waals surface area (Å²) in [6, 6.07) is 6.92. The number of ether oxygens (including phenoxy) is 1. The van der Waals surface area contributed by atoms with E-state index in [1.807, 2.05) is 35.2 Å². The highest BCUT2D eigenvalue weighted by Gasteiger charge is 2.42. The molecule has 4 N–H and O–H groups in total. The van der Waals surface area contributed by atoms with Crippen molar-refractivity contribution < 1.29 is 23.9 Å². The summed E-state index contributed by atoms with van der Waals surface area (Å²) in [5.41, 5.74) is 7.06. The number of nitrogens with zero attached hydrogens (tertiary/aromatic N) is 2. The molecule has 0 spiro atoms. The number of rotatable bonds is 6. The zero-order chi connectivity index (χ0) is 24.1. The van der Waals surface area contributed by atoms with Crippen molar-refractivity contribution in [1.29, 1.82) is 0 Å². The Kier molecular flexibility index (Phi) is 7.66. The third-order valence-corrected chi connectivity index (χ3v) is 7.01. The molecule has 5 amide bonds.